The van der Waals surface area contributed by atoms with E-state index >= 15 is 0 Å². The van der Waals surface area contributed by atoms with Crippen molar-refractivity contribution in [2.24, 2.45) is 0 Å². The molecule has 0 saturated carbocycles. The van der Waals surface area contributed by atoms with E-state index in [0.29, 0.717) is 12.1 Å². The first-order chi connectivity index (χ1) is 9.56. The molecule has 1 aromatic rings. The van der Waals surface area contributed by atoms with Gasteiger partial charge < -0.3 is 4.43 Å². The van der Waals surface area contributed by atoms with E-state index in [1.165, 1.54) is 17.4 Å². The Morgan fingerprint density at radius 2 is 2.14 bits per heavy atom. The quantitative estimate of drug-likeness (QED) is 0.308. The maximum atomic E-state index is 14.6. The summed E-state index contributed by atoms with van der Waals surface area (Å²) < 4.78 is 21.7. The van der Waals surface area contributed by atoms with E-state index in [2.05, 4.69) is 61.4 Å². The molecule has 2 nitrogen and oxygen atoms in total. The number of aromatic nitrogens is 1. The fraction of sp³-hybridized carbons (Fsp3) is 0.667. The van der Waals surface area contributed by atoms with Gasteiger partial charge in [-0.15, -0.1) is 11.3 Å². The summed E-state index contributed by atoms with van der Waals surface area (Å²) in [5.74, 6) is -0.207. The second kappa shape index (κ2) is 7.65. The molecule has 120 valence electrons. The Balaban J connectivity index is 2.93. The molecule has 0 aromatic carbocycles. The van der Waals surface area contributed by atoms with Gasteiger partial charge in [0.1, 0.15) is 5.83 Å². The molecule has 0 amide bonds. The van der Waals surface area contributed by atoms with Crippen molar-refractivity contribution in [3.05, 3.63) is 21.9 Å². The van der Waals surface area contributed by atoms with Gasteiger partial charge in [0.25, 0.3) is 0 Å². The van der Waals surface area contributed by atoms with Crippen LogP contribution in [0.15, 0.2) is 11.2 Å². The van der Waals surface area contributed by atoms with Crippen LogP contribution in [0.5, 0.6) is 0 Å². The van der Waals surface area contributed by atoms with Crippen molar-refractivity contribution < 1.29 is 8.82 Å². The summed E-state index contributed by atoms with van der Waals surface area (Å²) in [6.07, 6.45) is 1.76. The topological polar surface area (TPSA) is 22.1 Å². The van der Waals surface area contributed by atoms with Crippen LogP contribution in [0.2, 0.25) is 18.1 Å². The summed E-state index contributed by atoms with van der Waals surface area (Å²) in [6.45, 7) is 12.8. The van der Waals surface area contributed by atoms with Gasteiger partial charge in [-0.25, -0.2) is 9.37 Å². The maximum Gasteiger partial charge on any atom is 0.193 e. The first-order valence-electron chi connectivity index (χ1n) is 7.10. The molecule has 1 atom stereocenters. The van der Waals surface area contributed by atoms with Crippen molar-refractivity contribution in [1.29, 1.82) is 0 Å². The highest BCUT2D eigenvalue weighted by atomic mass is 127. The molecule has 0 bridgehead atoms. The van der Waals surface area contributed by atoms with E-state index in [9.17, 15) is 4.39 Å². The van der Waals surface area contributed by atoms with Gasteiger partial charge in [0.05, 0.1) is 16.8 Å². The summed E-state index contributed by atoms with van der Waals surface area (Å²) in [7, 11) is -1.98. The number of rotatable bonds is 6. The fourth-order valence-electron chi connectivity index (χ4n) is 1.57. The van der Waals surface area contributed by atoms with E-state index in [4.69, 9.17) is 4.43 Å². The molecule has 6 heteroatoms. The van der Waals surface area contributed by atoms with Crippen molar-refractivity contribution in [3.8, 4) is 0 Å². The number of nitrogens with zero attached hydrogens (tertiary/aromatic N) is 1. The Hall–Kier alpha value is 0.207. The number of hydrogen-bond acceptors (Lipinski definition) is 3. The number of hydrogen-bond donors (Lipinski definition) is 0. The molecule has 0 radical (unpaired) electrons. The molecule has 1 rings (SSSR count). The van der Waals surface area contributed by atoms with Gasteiger partial charge in [-0.05, 0) is 37.6 Å². The predicted molar refractivity (Wildman–Crippen MR) is 102 cm³/mol. The van der Waals surface area contributed by atoms with Crippen LogP contribution < -0.4 is 0 Å². The Morgan fingerprint density at radius 3 is 2.57 bits per heavy atom. The van der Waals surface area contributed by atoms with Crippen molar-refractivity contribution >= 4 is 48.3 Å². The third-order valence-corrected chi connectivity index (χ3v) is 9.75. The molecular weight excluding hydrogens is 416 g/mol. The maximum absolute atomic E-state index is 14.6. The molecule has 1 aromatic heterocycles. The molecule has 0 spiro atoms. The lowest BCUT2D eigenvalue weighted by Gasteiger charge is -2.38. The lowest BCUT2D eigenvalue weighted by molar-refractivity contribution is 0.187. The van der Waals surface area contributed by atoms with Crippen LogP contribution in [-0.2, 0) is 4.43 Å². The monoisotopic (exact) mass is 441 g/mol. The Kier molecular flexibility index (Phi) is 7.02. The second-order valence-corrected chi connectivity index (χ2v) is 13.6. The molecule has 1 heterocycles. The smallest absolute Gasteiger partial charge is 0.193 e. The molecule has 0 fully saturated rings. The number of halogens is 2. The van der Waals surface area contributed by atoms with Gasteiger partial charge in [0, 0.05) is 9.81 Å². The summed E-state index contributed by atoms with van der Waals surface area (Å²) in [4.78, 5) is 4.29. The van der Waals surface area contributed by atoms with Crippen LogP contribution in [0.1, 0.15) is 37.9 Å². The van der Waals surface area contributed by atoms with Gasteiger partial charge in [-0.1, -0.05) is 43.4 Å². The van der Waals surface area contributed by atoms with Crippen LogP contribution in [0.4, 0.5) is 4.39 Å². The van der Waals surface area contributed by atoms with E-state index < -0.39 is 14.4 Å². The van der Waals surface area contributed by atoms with E-state index in [1.54, 1.807) is 0 Å². The highest BCUT2D eigenvalue weighted by Crippen LogP contribution is 2.38. The normalized spacial score (nSPS) is 15.3. The van der Waals surface area contributed by atoms with Crippen molar-refractivity contribution in [1.82, 2.24) is 4.98 Å². The van der Waals surface area contributed by atoms with Crippen LogP contribution >= 0.6 is 33.9 Å². The zero-order chi connectivity index (χ0) is 16.3. The van der Waals surface area contributed by atoms with Crippen LogP contribution in [0, 0.1) is 6.92 Å². The fourth-order valence-corrected chi connectivity index (χ4v) is 4.00. The molecule has 0 N–H and O–H groups in total. The Labute approximate surface area is 146 Å². The van der Waals surface area contributed by atoms with Crippen molar-refractivity contribution in [2.75, 3.05) is 4.43 Å². The lowest BCUT2D eigenvalue weighted by atomic mass is 10.2. The molecular formula is C15H25FINOSSi. The Bertz CT molecular complexity index is 496. The number of thiazole rings is 1. The van der Waals surface area contributed by atoms with Gasteiger partial charge >= 0.3 is 0 Å². The summed E-state index contributed by atoms with van der Waals surface area (Å²) in [6, 6.07) is 0. The first kappa shape index (κ1) is 19.3. The molecule has 21 heavy (non-hydrogen) atoms. The molecule has 0 aliphatic carbocycles. The molecule has 0 saturated heterocycles. The van der Waals surface area contributed by atoms with E-state index in [0.717, 1.165) is 9.44 Å². The van der Waals surface area contributed by atoms with E-state index in [1.807, 2.05) is 12.3 Å². The van der Waals surface area contributed by atoms with Crippen LogP contribution in [0.3, 0.4) is 0 Å². The predicted octanol–water partition coefficient (Wildman–Crippen LogP) is 5.98. The molecule has 0 aliphatic rings. The zero-order valence-electron chi connectivity index (χ0n) is 13.7. The van der Waals surface area contributed by atoms with Gasteiger partial charge in [-0.2, -0.15) is 0 Å². The second-order valence-electron chi connectivity index (χ2n) is 6.67. The minimum absolute atomic E-state index is 0.0774. The summed E-state index contributed by atoms with van der Waals surface area (Å²) >= 11 is 3.80. The van der Waals surface area contributed by atoms with Gasteiger partial charge in [0.15, 0.2) is 8.32 Å². The van der Waals surface area contributed by atoms with Crippen molar-refractivity contribution in [2.45, 2.75) is 58.4 Å². The standard InChI is InChI=1S/C15H25FINOSSi/c1-11-18-12(10-20-11)9-13(16)14(7-8-17)19-21(5,6)15(2,3)4/h9-10,14H,7-8H2,1-6H3/b13-9-/t14-/m0/s1. The van der Waals surface area contributed by atoms with Crippen LogP contribution in [-0.4, -0.2) is 23.8 Å². The third-order valence-electron chi connectivity index (χ3n) is 3.84. The average molecular weight is 441 g/mol. The lowest BCUT2D eigenvalue weighted by Crippen LogP contribution is -2.44. The average Bonchev–Trinajstić information content (AvgIpc) is 2.72. The van der Waals surface area contributed by atoms with Crippen LogP contribution in [0.25, 0.3) is 6.08 Å². The zero-order valence-corrected chi connectivity index (χ0v) is 17.6. The first-order valence-corrected chi connectivity index (χ1v) is 12.4. The minimum Gasteiger partial charge on any atom is -0.408 e. The largest absolute Gasteiger partial charge is 0.408 e. The molecule has 0 aliphatic heterocycles. The third kappa shape index (κ3) is 5.72. The summed E-state index contributed by atoms with van der Waals surface area (Å²) in [5.41, 5.74) is 0.687. The molecule has 0 unspecified atom stereocenters. The van der Waals surface area contributed by atoms with Gasteiger partial charge in [-0.3, -0.25) is 0 Å². The highest BCUT2D eigenvalue weighted by Gasteiger charge is 2.39. The minimum atomic E-state index is -1.98. The van der Waals surface area contributed by atoms with E-state index in [-0.39, 0.29) is 10.9 Å². The summed E-state index contributed by atoms with van der Waals surface area (Å²) in [5, 5.41) is 2.90. The highest BCUT2D eigenvalue weighted by molar-refractivity contribution is 14.1. The number of alkyl halides is 1. The Morgan fingerprint density at radius 1 is 1.52 bits per heavy atom. The van der Waals surface area contributed by atoms with Crippen molar-refractivity contribution in [3.63, 3.8) is 0 Å². The number of aryl methyl sites for hydroxylation is 1. The SMILES string of the molecule is Cc1nc(/C=C(\F)[C@H](CCI)O[Si](C)(C)C(C)(C)C)cs1. The van der Waals surface area contributed by atoms with Gasteiger partial charge in [0.2, 0.25) is 0 Å².